The zero-order valence-corrected chi connectivity index (χ0v) is 13.8. The molecule has 5 nitrogen and oxygen atoms in total. The fourth-order valence-corrected chi connectivity index (χ4v) is 3.28. The van der Waals surface area contributed by atoms with Gasteiger partial charge in [0.05, 0.1) is 0 Å². The van der Waals surface area contributed by atoms with Crippen LogP contribution in [0.3, 0.4) is 0 Å². The topological polar surface area (TPSA) is 92.4 Å². The van der Waals surface area contributed by atoms with Crippen LogP contribution in [-0.2, 0) is 9.59 Å². The van der Waals surface area contributed by atoms with Crippen molar-refractivity contribution in [1.29, 1.82) is 0 Å². The molecule has 21 heavy (non-hydrogen) atoms. The van der Waals surface area contributed by atoms with Gasteiger partial charge in [0.25, 0.3) is 0 Å². The number of nitrogens with one attached hydrogen (secondary N) is 1. The van der Waals surface area contributed by atoms with Crippen molar-refractivity contribution >= 4 is 11.9 Å². The normalized spacial score (nSPS) is 30.0. The lowest BCUT2D eigenvalue weighted by Gasteiger charge is -2.46. The number of nitrogens with two attached hydrogens (primary N) is 1. The van der Waals surface area contributed by atoms with Crippen LogP contribution in [0.2, 0.25) is 0 Å². The van der Waals surface area contributed by atoms with Crippen molar-refractivity contribution in [2.45, 2.75) is 66.0 Å². The first kappa shape index (κ1) is 18.0. The number of rotatable bonds is 5. The van der Waals surface area contributed by atoms with E-state index in [4.69, 9.17) is 5.73 Å². The summed E-state index contributed by atoms with van der Waals surface area (Å²) in [5, 5.41) is 12.0. The predicted molar refractivity (Wildman–Crippen MR) is 82.7 cm³/mol. The van der Waals surface area contributed by atoms with Crippen molar-refractivity contribution in [2.24, 2.45) is 28.9 Å². The van der Waals surface area contributed by atoms with Crippen LogP contribution >= 0.6 is 0 Å². The Bertz CT molecular complexity index is 393. The number of hydrogen-bond acceptors (Lipinski definition) is 3. The van der Waals surface area contributed by atoms with Crippen LogP contribution in [0.25, 0.3) is 0 Å². The summed E-state index contributed by atoms with van der Waals surface area (Å²) in [5.41, 5.74) is 5.89. The van der Waals surface area contributed by atoms with Gasteiger partial charge in [-0.2, -0.15) is 0 Å². The molecule has 1 amide bonds. The van der Waals surface area contributed by atoms with Gasteiger partial charge < -0.3 is 16.2 Å². The molecule has 1 fully saturated rings. The van der Waals surface area contributed by atoms with E-state index < -0.39 is 12.0 Å². The van der Waals surface area contributed by atoms with E-state index in [1.54, 1.807) is 0 Å². The molecule has 122 valence electrons. The van der Waals surface area contributed by atoms with Crippen molar-refractivity contribution in [2.75, 3.05) is 0 Å². The minimum absolute atomic E-state index is 0.106. The number of carbonyl (C=O) groups excluding carboxylic acids is 1. The molecule has 0 aromatic heterocycles. The van der Waals surface area contributed by atoms with Crippen LogP contribution in [0.1, 0.15) is 53.9 Å². The van der Waals surface area contributed by atoms with Gasteiger partial charge in [-0.1, -0.05) is 34.6 Å². The lowest BCUT2D eigenvalue weighted by molar-refractivity contribution is -0.144. The molecular weight excluding hydrogens is 268 g/mol. The van der Waals surface area contributed by atoms with Gasteiger partial charge in [-0.25, -0.2) is 4.79 Å². The Morgan fingerprint density at radius 3 is 2.38 bits per heavy atom. The highest BCUT2D eigenvalue weighted by atomic mass is 16.4. The second-order valence-electron chi connectivity index (χ2n) is 7.43. The van der Waals surface area contributed by atoms with Crippen molar-refractivity contribution in [3.05, 3.63) is 0 Å². The Balaban J connectivity index is 2.80. The molecule has 5 heteroatoms. The Labute approximate surface area is 127 Å². The van der Waals surface area contributed by atoms with Crippen LogP contribution in [0.5, 0.6) is 0 Å². The third kappa shape index (κ3) is 4.19. The number of aliphatic carboxylic acids is 1. The van der Waals surface area contributed by atoms with Crippen LogP contribution in [0, 0.1) is 23.2 Å². The minimum Gasteiger partial charge on any atom is -0.480 e. The fraction of sp³-hybridized carbons (Fsp3) is 0.875. The molecule has 0 radical (unpaired) electrons. The minimum atomic E-state index is -0.963. The van der Waals surface area contributed by atoms with E-state index >= 15 is 0 Å². The first-order valence-corrected chi connectivity index (χ1v) is 7.86. The molecule has 0 bridgehead atoms. The Morgan fingerprint density at radius 1 is 1.33 bits per heavy atom. The summed E-state index contributed by atoms with van der Waals surface area (Å²) in [6, 6.07) is -0.700. The zero-order valence-electron chi connectivity index (χ0n) is 13.8. The quantitative estimate of drug-likeness (QED) is 0.724. The maximum Gasteiger partial charge on any atom is 0.326 e. The molecule has 0 heterocycles. The van der Waals surface area contributed by atoms with Gasteiger partial charge in [-0.15, -0.1) is 0 Å². The molecule has 1 aliphatic rings. The van der Waals surface area contributed by atoms with Crippen molar-refractivity contribution in [1.82, 2.24) is 5.32 Å². The number of carboxylic acid groups (broad SMARTS) is 1. The van der Waals surface area contributed by atoms with E-state index in [0.29, 0.717) is 6.42 Å². The molecule has 3 unspecified atom stereocenters. The predicted octanol–water partition coefficient (Wildman–Crippen LogP) is 2.00. The average molecular weight is 298 g/mol. The van der Waals surface area contributed by atoms with Gasteiger partial charge in [-0.3, -0.25) is 4.79 Å². The Hall–Kier alpha value is -1.10. The molecule has 0 aliphatic heterocycles. The third-order valence-corrected chi connectivity index (χ3v) is 5.14. The van der Waals surface area contributed by atoms with Crippen molar-refractivity contribution in [3.8, 4) is 0 Å². The first-order valence-electron chi connectivity index (χ1n) is 7.86. The number of carboxylic acids is 1. The molecule has 0 saturated heterocycles. The fourth-order valence-electron chi connectivity index (χ4n) is 3.28. The number of amides is 1. The van der Waals surface area contributed by atoms with Crippen molar-refractivity contribution in [3.63, 3.8) is 0 Å². The largest absolute Gasteiger partial charge is 0.480 e. The lowest BCUT2D eigenvalue weighted by atomic mass is 9.61. The highest BCUT2D eigenvalue weighted by Gasteiger charge is 2.45. The van der Waals surface area contributed by atoms with Crippen LogP contribution in [0.15, 0.2) is 0 Å². The second kappa shape index (κ2) is 6.77. The second-order valence-corrected chi connectivity index (χ2v) is 7.43. The van der Waals surface area contributed by atoms with E-state index in [-0.39, 0.29) is 35.1 Å². The molecular formula is C16H30N2O3. The molecule has 1 aliphatic carbocycles. The maximum atomic E-state index is 12.5. The highest BCUT2D eigenvalue weighted by Crippen LogP contribution is 2.44. The van der Waals surface area contributed by atoms with Gasteiger partial charge in [0.2, 0.25) is 5.91 Å². The molecule has 0 aromatic rings. The molecule has 4 atom stereocenters. The van der Waals surface area contributed by atoms with Gasteiger partial charge in [0, 0.05) is 12.0 Å². The standard InChI is InChI=1S/C16H30N2O3/c1-9(2)8-13(15(20)21)18-14(19)11-6-7-12(17)10(3)16(11,4)5/h9-13H,6-8,17H2,1-5H3,(H,18,19)(H,20,21)/t10?,11?,12?,13-/m0/s1. The SMILES string of the molecule is CC(C)C[C@H](NC(=O)C1CCC(N)C(C)C1(C)C)C(=O)O. The molecule has 0 aromatic carbocycles. The van der Waals surface area contributed by atoms with Gasteiger partial charge in [-0.05, 0) is 36.5 Å². The molecule has 0 spiro atoms. The number of carbonyl (C=O) groups is 2. The zero-order chi connectivity index (χ0) is 16.4. The summed E-state index contributed by atoms with van der Waals surface area (Å²) >= 11 is 0. The molecule has 1 rings (SSSR count). The Morgan fingerprint density at radius 2 is 1.90 bits per heavy atom. The average Bonchev–Trinajstić information content (AvgIpc) is 2.34. The smallest absolute Gasteiger partial charge is 0.326 e. The molecule has 1 saturated carbocycles. The van der Waals surface area contributed by atoms with Crippen LogP contribution in [-0.4, -0.2) is 29.1 Å². The maximum absolute atomic E-state index is 12.5. The summed E-state index contributed by atoms with van der Waals surface area (Å²) in [4.78, 5) is 23.8. The summed E-state index contributed by atoms with van der Waals surface area (Å²) in [6.07, 6.45) is 1.98. The van der Waals surface area contributed by atoms with E-state index in [0.717, 1.165) is 12.8 Å². The summed E-state index contributed by atoms with van der Waals surface area (Å²) in [7, 11) is 0. The first-order chi connectivity index (χ1) is 9.57. The Kier molecular flexibility index (Phi) is 5.79. The highest BCUT2D eigenvalue weighted by molar-refractivity contribution is 5.85. The molecule has 4 N–H and O–H groups in total. The van der Waals surface area contributed by atoms with Gasteiger partial charge >= 0.3 is 5.97 Å². The summed E-state index contributed by atoms with van der Waals surface area (Å²) < 4.78 is 0. The van der Waals surface area contributed by atoms with Crippen LogP contribution < -0.4 is 11.1 Å². The van der Waals surface area contributed by atoms with E-state index in [1.165, 1.54) is 0 Å². The monoisotopic (exact) mass is 298 g/mol. The summed E-state index contributed by atoms with van der Waals surface area (Å²) in [6.45, 7) is 10.1. The third-order valence-electron chi connectivity index (χ3n) is 5.14. The van der Waals surface area contributed by atoms with Crippen molar-refractivity contribution < 1.29 is 14.7 Å². The van der Waals surface area contributed by atoms with E-state index in [1.807, 2.05) is 13.8 Å². The lowest BCUT2D eigenvalue weighted by Crippen LogP contribution is -2.54. The number of hydrogen-bond donors (Lipinski definition) is 3. The van der Waals surface area contributed by atoms with E-state index in [9.17, 15) is 14.7 Å². The summed E-state index contributed by atoms with van der Waals surface area (Å²) in [5.74, 6) is -0.836. The van der Waals surface area contributed by atoms with Crippen LogP contribution in [0.4, 0.5) is 0 Å². The van der Waals surface area contributed by atoms with Gasteiger partial charge in [0.15, 0.2) is 0 Å². The van der Waals surface area contributed by atoms with Gasteiger partial charge in [0.1, 0.15) is 6.04 Å². The van der Waals surface area contributed by atoms with E-state index in [2.05, 4.69) is 26.1 Å².